The molecule has 8 saturated carbocycles. The molecule has 146 valence electrons. The standard InChI is InChI=1S/C12H20O.C12H18O/c2*13-2-1-12-6-9-3-10(7-12)5-11(4-9)8-12/h9-11,13H,1-8H2;2,9-11H,1,3-8H2. The number of aldehydes is 1. The van der Waals surface area contributed by atoms with Gasteiger partial charge in [-0.15, -0.1) is 0 Å². The third kappa shape index (κ3) is 3.19. The molecule has 2 nitrogen and oxygen atoms in total. The number of aliphatic hydroxyl groups excluding tert-OH is 1. The van der Waals surface area contributed by atoms with Crippen LogP contribution in [0.5, 0.6) is 0 Å². The van der Waals surface area contributed by atoms with Gasteiger partial charge in [-0.05, 0) is 130 Å². The zero-order chi connectivity index (χ0) is 17.8. The van der Waals surface area contributed by atoms with Crippen LogP contribution in [0, 0.1) is 46.3 Å². The first kappa shape index (κ1) is 17.7. The lowest BCUT2D eigenvalue weighted by molar-refractivity contribution is -0.115. The minimum Gasteiger partial charge on any atom is -0.396 e. The maximum absolute atomic E-state index is 10.7. The number of carbonyl (C=O) groups excluding carboxylic acids is 1. The van der Waals surface area contributed by atoms with Crippen molar-refractivity contribution < 1.29 is 9.90 Å². The highest BCUT2D eigenvalue weighted by atomic mass is 16.3. The summed E-state index contributed by atoms with van der Waals surface area (Å²) in [4.78, 5) is 10.7. The van der Waals surface area contributed by atoms with E-state index in [-0.39, 0.29) is 0 Å². The molecule has 8 bridgehead atoms. The third-order valence-corrected chi connectivity index (χ3v) is 9.49. The number of rotatable bonds is 4. The Hall–Kier alpha value is -0.370. The monoisotopic (exact) mass is 358 g/mol. The molecule has 2 heteroatoms. The van der Waals surface area contributed by atoms with Crippen molar-refractivity contribution in [2.24, 2.45) is 46.3 Å². The fraction of sp³-hybridized carbons (Fsp3) is 0.958. The summed E-state index contributed by atoms with van der Waals surface area (Å²) in [6.07, 6.45) is 20.6. The molecule has 26 heavy (non-hydrogen) atoms. The Kier molecular flexibility index (Phi) is 4.50. The van der Waals surface area contributed by atoms with Crippen molar-refractivity contribution in [3.63, 3.8) is 0 Å². The Labute approximate surface area is 159 Å². The van der Waals surface area contributed by atoms with E-state index in [2.05, 4.69) is 0 Å². The predicted octanol–water partition coefficient (Wildman–Crippen LogP) is 5.38. The molecule has 8 fully saturated rings. The van der Waals surface area contributed by atoms with Crippen molar-refractivity contribution in [1.82, 2.24) is 0 Å². The molecule has 0 aliphatic heterocycles. The highest BCUT2D eigenvalue weighted by Crippen LogP contribution is 2.62. The van der Waals surface area contributed by atoms with Crippen LogP contribution in [0.15, 0.2) is 0 Å². The van der Waals surface area contributed by atoms with Crippen LogP contribution in [0.2, 0.25) is 0 Å². The van der Waals surface area contributed by atoms with Gasteiger partial charge < -0.3 is 9.90 Å². The summed E-state index contributed by atoms with van der Waals surface area (Å²) >= 11 is 0. The van der Waals surface area contributed by atoms with Gasteiger partial charge in [-0.2, -0.15) is 0 Å². The molecule has 0 amide bonds. The molecule has 0 aromatic carbocycles. The van der Waals surface area contributed by atoms with Gasteiger partial charge in [-0.1, -0.05) is 0 Å². The summed E-state index contributed by atoms with van der Waals surface area (Å²) in [6.45, 7) is 0.423. The molecule has 8 rings (SSSR count). The predicted molar refractivity (Wildman–Crippen MR) is 104 cm³/mol. The molecule has 0 heterocycles. The first-order valence-electron chi connectivity index (χ1n) is 11.6. The van der Waals surface area contributed by atoms with E-state index in [1.165, 1.54) is 83.3 Å². The summed E-state index contributed by atoms with van der Waals surface area (Å²) < 4.78 is 0. The summed E-state index contributed by atoms with van der Waals surface area (Å²) in [5.74, 6) is 6.09. The summed E-state index contributed by atoms with van der Waals surface area (Å²) in [5.41, 5.74) is 1.08. The molecule has 8 aliphatic rings. The second-order valence-corrected chi connectivity index (χ2v) is 11.7. The largest absolute Gasteiger partial charge is 0.396 e. The van der Waals surface area contributed by atoms with Crippen LogP contribution in [0.1, 0.15) is 89.9 Å². The summed E-state index contributed by atoms with van der Waals surface area (Å²) in [5, 5.41) is 9.13. The minimum absolute atomic E-state index is 0.423. The van der Waals surface area contributed by atoms with Crippen molar-refractivity contribution in [3.8, 4) is 0 Å². The van der Waals surface area contributed by atoms with Crippen LogP contribution in [0.3, 0.4) is 0 Å². The summed E-state index contributed by atoms with van der Waals surface area (Å²) in [7, 11) is 0. The Bertz CT molecular complexity index is 466. The van der Waals surface area contributed by atoms with E-state index in [4.69, 9.17) is 5.11 Å². The lowest BCUT2D eigenvalue weighted by Crippen LogP contribution is -2.46. The smallest absolute Gasteiger partial charge is 0.120 e. The molecule has 0 atom stereocenters. The van der Waals surface area contributed by atoms with Crippen LogP contribution in [-0.2, 0) is 4.79 Å². The van der Waals surface area contributed by atoms with E-state index in [1.807, 2.05) is 0 Å². The molecule has 0 unspecified atom stereocenters. The molecule has 0 spiro atoms. The second kappa shape index (κ2) is 6.61. The van der Waals surface area contributed by atoms with Crippen LogP contribution >= 0.6 is 0 Å². The topological polar surface area (TPSA) is 37.3 Å². The molecule has 8 aliphatic carbocycles. The fourth-order valence-corrected chi connectivity index (χ4v) is 9.55. The van der Waals surface area contributed by atoms with Crippen molar-refractivity contribution >= 4 is 6.29 Å². The Morgan fingerprint density at radius 1 is 0.654 bits per heavy atom. The van der Waals surface area contributed by atoms with Crippen LogP contribution in [0.25, 0.3) is 0 Å². The van der Waals surface area contributed by atoms with E-state index < -0.39 is 0 Å². The van der Waals surface area contributed by atoms with Crippen LogP contribution in [-0.4, -0.2) is 18.0 Å². The molecule has 0 aromatic heterocycles. The molecule has 0 radical (unpaired) electrons. The molecule has 1 N–H and O–H groups in total. The van der Waals surface area contributed by atoms with Crippen molar-refractivity contribution in [3.05, 3.63) is 0 Å². The second-order valence-electron chi connectivity index (χ2n) is 11.7. The van der Waals surface area contributed by atoms with E-state index in [0.717, 1.165) is 48.3 Å². The highest BCUT2D eigenvalue weighted by Gasteiger charge is 2.51. The van der Waals surface area contributed by atoms with Gasteiger partial charge in [0, 0.05) is 13.0 Å². The Balaban J connectivity index is 0.000000115. The lowest BCUT2D eigenvalue weighted by Gasteiger charge is -2.57. The lowest BCUT2D eigenvalue weighted by atomic mass is 9.49. The Morgan fingerprint density at radius 3 is 1.31 bits per heavy atom. The number of hydrogen-bond acceptors (Lipinski definition) is 2. The van der Waals surface area contributed by atoms with E-state index in [0.29, 0.717) is 17.4 Å². The average molecular weight is 359 g/mol. The first-order chi connectivity index (χ1) is 12.6. The van der Waals surface area contributed by atoms with E-state index >= 15 is 0 Å². The maximum Gasteiger partial charge on any atom is 0.120 e. The minimum atomic E-state index is 0.423. The van der Waals surface area contributed by atoms with Gasteiger partial charge in [-0.25, -0.2) is 0 Å². The van der Waals surface area contributed by atoms with Gasteiger partial charge in [-0.3, -0.25) is 0 Å². The maximum atomic E-state index is 10.7. The number of hydrogen-bond donors (Lipinski definition) is 1. The van der Waals surface area contributed by atoms with Gasteiger partial charge in [0.2, 0.25) is 0 Å². The van der Waals surface area contributed by atoms with Crippen molar-refractivity contribution in [2.75, 3.05) is 6.61 Å². The van der Waals surface area contributed by atoms with Gasteiger partial charge >= 0.3 is 0 Å². The van der Waals surface area contributed by atoms with E-state index in [1.54, 1.807) is 0 Å². The van der Waals surface area contributed by atoms with Gasteiger partial charge in [0.1, 0.15) is 6.29 Å². The molecule has 0 saturated heterocycles. The fourth-order valence-electron chi connectivity index (χ4n) is 9.55. The van der Waals surface area contributed by atoms with Gasteiger partial charge in [0.05, 0.1) is 0 Å². The van der Waals surface area contributed by atoms with Gasteiger partial charge in [0.15, 0.2) is 0 Å². The van der Waals surface area contributed by atoms with Crippen molar-refractivity contribution in [2.45, 2.75) is 89.9 Å². The Morgan fingerprint density at radius 2 is 1.00 bits per heavy atom. The quantitative estimate of drug-likeness (QED) is 0.685. The zero-order valence-corrected chi connectivity index (χ0v) is 16.5. The summed E-state index contributed by atoms with van der Waals surface area (Å²) in [6, 6.07) is 0. The number of carbonyl (C=O) groups is 1. The first-order valence-corrected chi connectivity index (χ1v) is 11.6. The highest BCUT2D eigenvalue weighted by molar-refractivity contribution is 5.51. The normalized spacial score (nSPS) is 52.7. The van der Waals surface area contributed by atoms with Crippen molar-refractivity contribution in [1.29, 1.82) is 0 Å². The van der Waals surface area contributed by atoms with Gasteiger partial charge in [0.25, 0.3) is 0 Å². The molecular weight excluding hydrogens is 320 g/mol. The van der Waals surface area contributed by atoms with Crippen LogP contribution in [0.4, 0.5) is 0 Å². The zero-order valence-electron chi connectivity index (χ0n) is 16.5. The molecule has 0 aromatic rings. The molecular formula is C24H38O2. The number of aliphatic hydroxyl groups is 1. The van der Waals surface area contributed by atoms with E-state index in [9.17, 15) is 4.79 Å². The van der Waals surface area contributed by atoms with Crippen LogP contribution < -0.4 is 0 Å². The third-order valence-electron chi connectivity index (χ3n) is 9.49. The SMILES string of the molecule is O=CCC12CC3CC(CC(C3)C1)C2.OCCC12CC3CC(CC(C3)C1)C2. The average Bonchev–Trinajstić information content (AvgIpc) is 2.52.